The summed E-state index contributed by atoms with van der Waals surface area (Å²) in [5, 5.41) is 1.28. The maximum Gasteiger partial charge on any atom is 0.337 e. The molecule has 5 nitrogen and oxygen atoms in total. The van der Waals surface area contributed by atoms with Gasteiger partial charge in [-0.15, -0.1) is 0 Å². The van der Waals surface area contributed by atoms with Crippen LogP contribution in [0.15, 0.2) is 48.5 Å². The number of para-hydroxylation sites is 1. The number of piperidine rings is 2. The number of aromatic nitrogens is 1. The molecule has 0 atom stereocenters. The fourth-order valence-corrected chi connectivity index (χ4v) is 6.83. The molecule has 5 rings (SSSR count). The fourth-order valence-electron chi connectivity index (χ4n) is 6.83. The number of likely N-dealkylation sites (tertiary alicyclic amines) is 2. The molecule has 3 heterocycles. The van der Waals surface area contributed by atoms with Crippen LogP contribution < -0.4 is 0 Å². The number of carbonyl (C=O) groups is 1. The van der Waals surface area contributed by atoms with Crippen molar-refractivity contribution in [1.82, 2.24) is 14.4 Å². The van der Waals surface area contributed by atoms with E-state index in [4.69, 9.17) is 4.74 Å². The van der Waals surface area contributed by atoms with Gasteiger partial charge in [0.1, 0.15) is 11.3 Å². The molecule has 2 saturated heterocycles. The Balaban J connectivity index is 1.20. The summed E-state index contributed by atoms with van der Waals surface area (Å²) in [4.78, 5) is 16.2. The van der Waals surface area contributed by atoms with Crippen LogP contribution in [-0.2, 0) is 17.7 Å². The van der Waals surface area contributed by atoms with Crippen LogP contribution in [0.4, 0.5) is 8.78 Å². The molecule has 0 N–H and O–H groups in total. The van der Waals surface area contributed by atoms with Crippen LogP contribution >= 0.6 is 0 Å². The van der Waals surface area contributed by atoms with Crippen LogP contribution in [0.2, 0.25) is 0 Å². The molecule has 7 heteroatoms. The number of esters is 1. The van der Waals surface area contributed by atoms with Gasteiger partial charge in [0.05, 0.1) is 12.7 Å². The van der Waals surface area contributed by atoms with E-state index in [9.17, 15) is 9.18 Å². The third-order valence-corrected chi connectivity index (χ3v) is 9.12. The lowest BCUT2D eigenvalue weighted by Crippen LogP contribution is -2.51. The Morgan fingerprint density at radius 2 is 1.66 bits per heavy atom. The smallest absolute Gasteiger partial charge is 0.337 e. The first kappa shape index (κ1) is 29.7. The molecule has 0 spiro atoms. The summed E-state index contributed by atoms with van der Waals surface area (Å²) in [7, 11) is 1.40. The Kier molecular flexibility index (Phi) is 8.86. The lowest BCUT2D eigenvalue weighted by Gasteiger charge is -2.42. The highest BCUT2D eigenvalue weighted by Crippen LogP contribution is 2.33. The van der Waals surface area contributed by atoms with Crippen molar-refractivity contribution in [2.75, 3.05) is 46.4 Å². The average molecular weight is 566 g/mol. The normalized spacial score (nSPS) is 19.1. The first-order chi connectivity index (χ1) is 19.5. The average Bonchev–Trinajstić information content (AvgIpc) is 3.20. The van der Waals surface area contributed by atoms with Crippen molar-refractivity contribution in [2.45, 2.75) is 70.8 Å². The molecule has 2 aliphatic heterocycles. The Labute approximate surface area is 243 Å². The van der Waals surface area contributed by atoms with E-state index in [2.05, 4.69) is 45.6 Å². The summed E-state index contributed by atoms with van der Waals surface area (Å²) >= 11 is 0. The fraction of sp³-hybridized carbons (Fsp3) is 0.559. The van der Waals surface area contributed by atoms with E-state index in [-0.39, 0.29) is 5.97 Å². The van der Waals surface area contributed by atoms with Crippen LogP contribution in [0.25, 0.3) is 10.9 Å². The van der Waals surface area contributed by atoms with Crippen LogP contribution in [0.5, 0.6) is 0 Å². The molecule has 0 bridgehead atoms. The highest BCUT2D eigenvalue weighted by Gasteiger charge is 2.38. The highest BCUT2D eigenvalue weighted by atomic mass is 19.1. The summed E-state index contributed by atoms with van der Waals surface area (Å²) in [5.41, 5.74) is 3.20. The van der Waals surface area contributed by atoms with Crippen LogP contribution in [0.1, 0.15) is 66.7 Å². The predicted octanol–water partition coefficient (Wildman–Crippen LogP) is 6.59. The minimum absolute atomic E-state index is 0.319. The van der Waals surface area contributed by atoms with E-state index in [1.165, 1.54) is 29.3 Å². The monoisotopic (exact) mass is 565 g/mol. The molecule has 3 aromatic rings. The number of halogens is 2. The van der Waals surface area contributed by atoms with E-state index in [1.54, 1.807) is 13.8 Å². The minimum Gasteiger partial charge on any atom is -0.465 e. The van der Waals surface area contributed by atoms with Gasteiger partial charge in [-0.3, -0.25) is 4.90 Å². The van der Waals surface area contributed by atoms with Crippen LogP contribution in [0, 0.1) is 12.8 Å². The van der Waals surface area contributed by atoms with Gasteiger partial charge in [-0.1, -0.05) is 30.3 Å². The van der Waals surface area contributed by atoms with Crippen molar-refractivity contribution in [1.29, 1.82) is 0 Å². The van der Waals surface area contributed by atoms with Gasteiger partial charge in [0, 0.05) is 49.3 Å². The largest absolute Gasteiger partial charge is 0.465 e. The van der Waals surface area contributed by atoms with Gasteiger partial charge < -0.3 is 14.2 Å². The van der Waals surface area contributed by atoms with Crippen molar-refractivity contribution in [3.8, 4) is 0 Å². The van der Waals surface area contributed by atoms with Gasteiger partial charge in [0.25, 0.3) is 0 Å². The summed E-state index contributed by atoms with van der Waals surface area (Å²) in [6.45, 7) is 10.4. The van der Waals surface area contributed by atoms with Crippen LogP contribution in [-0.4, -0.2) is 78.1 Å². The molecular formula is C34H45F2N3O2. The number of alkyl halides is 2. The summed E-state index contributed by atoms with van der Waals surface area (Å²) in [6, 6.07) is 16.3. The number of nitrogens with zero attached hydrogens (tertiary/aromatic N) is 3. The minimum atomic E-state index is -1.24. The van der Waals surface area contributed by atoms with Gasteiger partial charge in [-0.2, -0.15) is 0 Å². The summed E-state index contributed by atoms with van der Waals surface area (Å²) in [6.07, 6.45) is 3.92. The Hall–Kier alpha value is -2.77. The molecular weight excluding hydrogens is 520 g/mol. The third-order valence-electron chi connectivity index (χ3n) is 9.12. The number of fused-ring (bicyclic) bond motifs is 1. The van der Waals surface area contributed by atoms with Crippen molar-refractivity contribution in [3.63, 3.8) is 0 Å². The van der Waals surface area contributed by atoms with Crippen molar-refractivity contribution < 1.29 is 18.3 Å². The van der Waals surface area contributed by atoms with Gasteiger partial charge in [0.2, 0.25) is 0 Å². The summed E-state index contributed by atoms with van der Waals surface area (Å²) in [5.74, 6) is 0.234. The molecule has 0 saturated carbocycles. The number of rotatable bonds is 9. The number of carbonyl (C=O) groups excluding carboxylic acids is 1. The molecule has 0 amide bonds. The summed E-state index contributed by atoms with van der Waals surface area (Å²) < 4.78 is 37.1. The van der Waals surface area contributed by atoms with Crippen LogP contribution in [0.3, 0.4) is 0 Å². The predicted molar refractivity (Wildman–Crippen MR) is 161 cm³/mol. The maximum absolute atomic E-state index is 15.7. The molecule has 2 aliphatic rings. The number of hydrogen-bond acceptors (Lipinski definition) is 4. The van der Waals surface area contributed by atoms with E-state index in [1.807, 2.05) is 24.3 Å². The van der Waals surface area contributed by atoms with Crippen molar-refractivity contribution in [3.05, 3.63) is 70.9 Å². The molecule has 222 valence electrons. The lowest BCUT2D eigenvalue weighted by molar-refractivity contribution is 0.00157. The zero-order valence-electron chi connectivity index (χ0n) is 25.1. The number of ether oxygens (including phenoxy) is 1. The van der Waals surface area contributed by atoms with E-state index in [0.717, 1.165) is 44.5 Å². The molecule has 0 radical (unpaired) electrons. The van der Waals surface area contributed by atoms with Crippen molar-refractivity contribution >= 4 is 16.9 Å². The first-order valence-electron chi connectivity index (χ1n) is 15.1. The number of hydrogen-bond donors (Lipinski definition) is 0. The Morgan fingerprint density at radius 3 is 2.29 bits per heavy atom. The highest BCUT2D eigenvalue weighted by molar-refractivity contribution is 5.89. The van der Waals surface area contributed by atoms with E-state index < -0.39 is 11.3 Å². The number of methoxy groups -OCH3 is 1. The van der Waals surface area contributed by atoms with E-state index >= 15 is 4.39 Å². The lowest BCUT2D eigenvalue weighted by atomic mass is 9.90. The molecule has 2 aromatic carbocycles. The standard InChI is InChI=1S/C34H45F2N3O2/c1-25-30(21-26-9-11-28(12-10-26)32(40)41-4)29-7-5-6-8-31(29)39(25)22-27-13-17-37(18-14-27)24-34(36)15-19-38(20-16-34)23-33(2,3)35/h5-12,27H,13-24H2,1-4H3. The second-order valence-corrected chi connectivity index (χ2v) is 12.9. The number of benzene rings is 2. The SMILES string of the molecule is COC(=O)c1ccc(Cc2c(C)n(CC3CCN(CC4(F)CCN(CC(C)(C)F)CC4)CC3)c3ccccc23)cc1. The second-order valence-electron chi connectivity index (χ2n) is 12.9. The quantitative estimate of drug-likeness (QED) is 0.274. The third kappa shape index (κ3) is 7.18. The first-order valence-corrected chi connectivity index (χ1v) is 15.1. The zero-order chi connectivity index (χ0) is 29.2. The van der Waals surface area contributed by atoms with Gasteiger partial charge in [-0.25, -0.2) is 13.6 Å². The molecule has 41 heavy (non-hydrogen) atoms. The molecule has 0 aliphatic carbocycles. The van der Waals surface area contributed by atoms with E-state index in [0.29, 0.717) is 50.5 Å². The molecule has 1 aromatic heterocycles. The maximum atomic E-state index is 15.7. The van der Waals surface area contributed by atoms with Crippen molar-refractivity contribution in [2.24, 2.45) is 5.92 Å². The van der Waals surface area contributed by atoms with Gasteiger partial charge in [0.15, 0.2) is 0 Å². The molecule has 2 fully saturated rings. The van der Waals surface area contributed by atoms with Gasteiger partial charge >= 0.3 is 5.97 Å². The topological polar surface area (TPSA) is 37.7 Å². The Bertz CT molecular complexity index is 1330. The zero-order valence-corrected chi connectivity index (χ0v) is 25.1. The Morgan fingerprint density at radius 1 is 1.00 bits per heavy atom. The second kappa shape index (κ2) is 12.2. The van der Waals surface area contributed by atoms with Gasteiger partial charge in [-0.05, 0) is 101 Å². The molecule has 0 unspecified atom stereocenters.